The van der Waals surface area contributed by atoms with Crippen molar-refractivity contribution in [2.45, 2.75) is 19.4 Å². The van der Waals surface area contributed by atoms with Crippen LogP contribution in [0.25, 0.3) is 0 Å². The molecule has 1 aromatic rings. The van der Waals surface area contributed by atoms with Gasteiger partial charge in [-0.1, -0.05) is 12.1 Å². The smallest absolute Gasteiger partial charge is 0.227 e. The lowest BCUT2D eigenvalue weighted by Gasteiger charge is -2.21. The average molecular weight is 220 g/mol. The van der Waals surface area contributed by atoms with Gasteiger partial charge in [0.1, 0.15) is 5.75 Å². The Bertz CT molecular complexity index is 382. The van der Waals surface area contributed by atoms with Crippen molar-refractivity contribution in [1.82, 2.24) is 0 Å². The average Bonchev–Trinajstić information content (AvgIpc) is 2.74. The van der Waals surface area contributed by atoms with Gasteiger partial charge in [-0.2, -0.15) is 0 Å². The van der Waals surface area contributed by atoms with Gasteiger partial charge in [-0.15, -0.1) is 0 Å². The number of carbonyl (C=O) groups is 1. The first-order valence-electron chi connectivity index (χ1n) is 5.44. The fourth-order valence-corrected chi connectivity index (χ4v) is 2.09. The molecule has 2 rings (SSSR count). The van der Waals surface area contributed by atoms with Crippen molar-refractivity contribution in [3.8, 4) is 5.75 Å². The highest BCUT2D eigenvalue weighted by molar-refractivity contribution is 5.97. The molecule has 0 bridgehead atoms. The molecule has 1 fully saturated rings. The van der Waals surface area contributed by atoms with Crippen LogP contribution in [0.2, 0.25) is 0 Å². The van der Waals surface area contributed by atoms with Crippen LogP contribution in [0.5, 0.6) is 5.75 Å². The van der Waals surface area contributed by atoms with Gasteiger partial charge in [0.05, 0.1) is 12.8 Å². The van der Waals surface area contributed by atoms with Gasteiger partial charge in [0.15, 0.2) is 0 Å². The topological polar surface area (TPSA) is 55.6 Å². The Labute approximate surface area is 95.0 Å². The summed E-state index contributed by atoms with van der Waals surface area (Å²) in [6.07, 6.45) is 1.52. The second kappa shape index (κ2) is 4.53. The molecule has 1 heterocycles. The molecule has 0 unspecified atom stereocenters. The van der Waals surface area contributed by atoms with Gasteiger partial charge in [0.25, 0.3) is 0 Å². The summed E-state index contributed by atoms with van der Waals surface area (Å²) in [6, 6.07) is 5.69. The monoisotopic (exact) mass is 220 g/mol. The molecule has 1 aromatic carbocycles. The minimum atomic E-state index is 0.152. The van der Waals surface area contributed by atoms with Crippen LogP contribution in [0.1, 0.15) is 18.4 Å². The summed E-state index contributed by atoms with van der Waals surface area (Å²) in [7, 11) is 1.61. The number of hydrogen-bond donors (Lipinski definition) is 1. The number of ether oxygens (including phenoxy) is 1. The Morgan fingerprint density at radius 3 is 2.88 bits per heavy atom. The summed E-state index contributed by atoms with van der Waals surface area (Å²) in [5.74, 6) is 0.873. The molecule has 1 aliphatic heterocycles. The second-order valence-corrected chi connectivity index (χ2v) is 3.82. The fourth-order valence-electron chi connectivity index (χ4n) is 2.09. The molecule has 0 saturated carbocycles. The van der Waals surface area contributed by atoms with Crippen molar-refractivity contribution >= 4 is 11.6 Å². The van der Waals surface area contributed by atoms with E-state index in [0.717, 1.165) is 30.0 Å². The van der Waals surface area contributed by atoms with Crippen LogP contribution in [0, 0.1) is 0 Å². The molecular formula is C12H16N2O2. The number of anilines is 1. The van der Waals surface area contributed by atoms with Gasteiger partial charge >= 0.3 is 0 Å². The molecule has 0 aromatic heterocycles. The second-order valence-electron chi connectivity index (χ2n) is 3.82. The summed E-state index contributed by atoms with van der Waals surface area (Å²) in [4.78, 5) is 13.5. The molecule has 1 amide bonds. The molecule has 16 heavy (non-hydrogen) atoms. The zero-order valence-electron chi connectivity index (χ0n) is 9.40. The van der Waals surface area contributed by atoms with Crippen LogP contribution in [0.15, 0.2) is 18.2 Å². The van der Waals surface area contributed by atoms with E-state index >= 15 is 0 Å². The minimum Gasteiger partial charge on any atom is -0.495 e. The summed E-state index contributed by atoms with van der Waals surface area (Å²) in [5.41, 5.74) is 7.49. The lowest BCUT2D eigenvalue weighted by atomic mass is 10.1. The fraction of sp³-hybridized carbons (Fsp3) is 0.417. The maximum absolute atomic E-state index is 11.7. The summed E-state index contributed by atoms with van der Waals surface area (Å²) in [6.45, 7) is 1.17. The summed E-state index contributed by atoms with van der Waals surface area (Å²) in [5, 5.41) is 0. The van der Waals surface area contributed by atoms with E-state index in [1.807, 2.05) is 18.2 Å². The Kier molecular flexibility index (Phi) is 3.10. The number of amides is 1. The largest absolute Gasteiger partial charge is 0.495 e. The van der Waals surface area contributed by atoms with Gasteiger partial charge < -0.3 is 15.4 Å². The van der Waals surface area contributed by atoms with Crippen LogP contribution in [-0.4, -0.2) is 19.6 Å². The third-order valence-corrected chi connectivity index (χ3v) is 2.87. The normalized spacial score (nSPS) is 15.6. The van der Waals surface area contributed by atoms with Crippen LogP contribution in [-0.2, 0) is 11.3 Å². The van der Waals surface area contributed by atoms with Crippen molar-refractivity contribution in [3.63, 3.8) is 0 Å². The number of methoxy groups -OCH3 is 1. The first kappa shape index (κ1) is 11.0. The maximum atomic E-state index is 11.7. The number of carbonyl (C=O) groups excluding carboxylic acids is 1. The Hall–Kier alpha value is -1.55. The zero-order chi connectivity index (χ0) is 11.5. The Balaban J connectivity index is 2.47. The standard InChI is InChI=1S/C12H16N2O2/c1-16-10-5-2-4-9(8-13)12(10)14-7-3-6-11(14)15/h2,4-5H,3,6-8,13H2,1H3. The Morgan fingerprint density at radius 2 is 2.31 bits per heavy atom. The first-order chi connectivity index (χ1) is 7.77. The predicted molar refractivity (Wildman–Crippen MR) is 62.5 cm³/mol. The number of rotatable bonds is 3. The zero-order valence-corrected chi connectivity index (χ0v) is 9.40. The number of nitrogens with zero attached hydrogens (tertiary/aromatic N) is 1. The highest BCUT2D eigenvalue weighted by Gasteiger charge is 2.26. The van der Waals surface area contributed by atoms with Gasteiger partial charge in [-0.25, -0.2) is 0 Å². The van der Waals surface area contributed by atoms with E-state index in [1.54, 1.807) is 12.0 Å². The molecule has 0 radical (unpaired) electrons. The third-order valence-electron chi connectivity index (χ3n) is 2.87. The van der Waals surface area contributed by atoms with E-state index in [4.69, 9.17) is 10.5 Å². The van der Waals surface area contributed by atoms with E-state index in [9.17, 15) is 4.79 Å². The molecule has 1 aliphatic rings. The van der Waals surface area contributed by atoms with Gasteiger partial charge in [-0.3, -0.25) is 4.79 Å². The van der Waals surface area contributed by atoms with Crippen molar-refractivity contribution in [3.05, 3.63) is 23.8 Å². The van der Waals surface area contributed by atoms with Crippen molar-refractivity contribution < 1.29 is 9.53 Å². The number of benzene rings is 1. The van der Waals surface area contributed by atoms with E-state index in [0.29, 0.717) is 13.0 Å². The van der Waals surface area contributed by atoms with Crippen LogP contribution in [0.3, 0.4) is 0 Å². The lowest BCUT2D eigenvalue weighted by molar-refractivity contribution is -0.117. The molecule has 4 heteroatoms. The highest BCUT2D eigenvalue weighted by Crippen LogP contribution is 2.34. The molecule has 0 spiro atoms. The highest BCUT2D eigenvalue weighted by atomic mass is 16.5. The molecule has 0 atom stereocenters. The molecule has 0 aliphatic carbocycles. The first-order valence-corrected chi connectivity index (χ1v) is 5.44. The maximum Gasteiger partial charge on any atom is 0.227 e. The molecule has 4 nitrogen and oxygen atoms in total. The van der Waals surface area contributed by atoms with Crippen molar-refractivity contribution in [2.24, 2.45) is 5.73 Å². The van der Waals surface area contributed by atoms with Crippen molar-refractivity contribution in [2.75, 3.05) is 18.6 Å². The summed E-state index contributed by atoms with van der Waals surface area (Å²) >= 11 is 0. The van der Waals surface area contributed by atoms with E-state index in [2.05, 4.69) is 0 Å². The van der Waals surface area contributed by atoms with E-state index < -0.39 is 0 Å². The number of hydrogen-bond acceptors (Lipinski definition) is 3. The van der Waals surface area contributed by atoms with Gasteiger partial charge in [0.2, 0.25) is 5.91 Å². The SMILES string of the molecule is COc1cccc(CN)c1N1CCCC1=O. The number of para-hydroxylation sites is 1. The van der Waals surface area contributed by atoms with Crippen molar-refractivity contribution in [1.29, 1.82) is 0 Å². The van der Waals surface area contributed by atoms with Gasteiger partial charge in [-0.05, 0) is 18.1 Å². The lowest BCUT2D eigenvalue weighted by Crippen LogP contribution is -2.26. The number of nitrogens with two attached hydrogens (primary N) is 1. The van der Waals surface area contributed by atoms with E-state index in [1.165, 1.54) is 0 Å². The predicted octanol–water partition coefficient (Wildman–Crippen LogP) is 1.28. The molecular weight excluding hydrogens is 204 g/mol. The molecule has 86 valence electrons. The summed E-state index contributed by atoms with van der Waals surface area (Å²) < 4.78 is 5.30. The van der Waals surface area contributed by atoms with E-state index in [-0.39, 0.29) is 5.91 Å². The third kappa shape index (κ3) is 1.76. The quantitative estimate of drug-likeness (QED) is 0.834. The van der Waals surface area contributed by atoms with Gasteiger partial charge in [0, 0.05) is 19.5 Å². The van der Waals surface area contributed by atoms with Crippen LogP contribution >= 0.6 is 0 Å². The van der Waals surface area contributed by atoms with Crippen LogP contribution < -0.4 is 15.4 Å². The molecule has 1 saturated heterocycles. The molecule has 2 N–H and O–H groups in total. The van der Waals surface area contributed by atoms with Crippen LogP contribution in [0.4, 0.5) is 5.69 Å². The Morgan fingerprint density at radius 1 is 1.50 bits per heavy atom. The minimum absolute atomic E-state index is 0.152.